The van der Waals surface area contributed by atoms with Crippen LogP contribution in [-0.2, 0) is 4.74 Å². The highest BCUT2D eigenvalue weighted by atomic mass is 79.9. The Morgan fingerprint density at radius 3 is 2.23 bits per heavy atom. The smallest absolute Gasteiger partial charge is 0.340 e. The minimum absolute atomic E-state index is 0.407. The summed E-state index contributed by atoms with van der Waals surface area (Å²) in [5.41, 5.74) is 0.437. The summed E-state index contributed by atoms with van der Waals surface area (Å²) in [4.78, 5) is 11.2. The van der Waals surface area contributed by atoms with Crippen molar-refractivity contribution >= 4 is 49.4 Å². The first-order valence-corrected chi connectivity index (χ1v) is 5.25. The van der Waals surface area contributed by atoms with Crippen molar-refractivity contribution in [3.8, 4) is 0 Å². The van der Waals surface area contributed by atoms with Crippen LogP contribution in [-0.4, -0.2) is 13.1 Å². The molecule has 0 fully saturated rings. The van der Waals surface area contributed by atoms with Gasteiger partial charge in [-0.2, -0.15) is 0 Å². The van der Waals surface area contributed by atoms with Crippen LogP contribution in [0.3, 0.4) is 0 Å². The first-order valence-electron chi connectivity index (χ1n) is 3.29. The van der Waals surface area contributed by atoms with Gasteiger partial charge in [-0.05, 0) is 44.0 Å². The molecule has 0 N–H and O–H groups in total. The van der Waals surface area contributed by atoms with Crippen molar-refractivity contribution in [2.45, 2.75) is 0 Å². The molecule has 0 spiro atoms. The average molecular weight is 328 g/mol. The molecule has 0 saturated carbocycles. The summed E-state index contributed by atoms with van der Waals surface area (Å²) >= 11 is 12.2. The Hall–Kier alpha value is -0.0600. The van der Waals surface area contributed by atoms with Gasteiger partial charge in [0.25, 0.3) is 0 Å². The monoisotopic (exact) mass is 326 g/mol. The lowest BCUT2D eigenvalue weighted by atomic mass is 10.2. The van der Waals surface area contributed by atoms with Crippen LogP contribution >= 0.6 is 43.5 Å². The zero-order valence-corrected chi connectivity index (χ0v) is 10.5. The number of hydrogen-bond acceptors (Lipinski definition) is 2. The fourth-order valence-electron chi connectivity index (χ4n) is 0.839. The van der Waals surface area contributed by atoms with E-state index in [1.807, 2.05) is 0 Å². The van der Waals surface area contributed by atoms with Crippen molar-refractivity contribution in [1.82, 2.24) is 0 Å². The van der Waals surface area contributed by atoms with Crippen LogP contribution in [0.15, 0.2) is 21.1 Å². The Morgan fingerprint density at radius 1 is 1.38 bits per heavy atom. The average Bonchev–Trinajstić information content (AvgIpc) is 2.02. The number of hydrogen-bond donors (Lipinski definition) is 0. The molecule has 0 heterocycles. The molecule has 0 aliphatic rings. The minimum atomic E-state index is -0.407. The van der Waals surface area contributed by atoms with Gasteiger partial charge in [0.15, 0.2) is 0 Å². The van der Waals surface area contributed by atoms with Crippen molar-refractivity contribution in [2.75, 3.05) is 7.11 Å². The predicted octanol–water partition coefficient (Wildman–Crippen LogP) is 3.65. The normalized spacial score (nSPS) is 9.85. The maximum Gasteiger partial charge on any atom is 0.340 e. The van der Waals surface area contributed by atoms with Crippen LogP contribution in [0.25, 0.3) is 0 Å². The van der Waals surface area contributed by atoms with Gasteiger partial charge in [0.2, 0.25) is 0 Å². The van der Waals surface area contributed by atoms with Gasteiger partial charge < -0.3 is 4.74 Å². The fraction of sp³-hybridized carbons (Fsp3) is 0.125. The lowest BCUT2D eigenvalue weighted by molar-refractivity contribution is 0.0598. The minimum Gasteiger partial charge on any atom is -0.465 e. The van der Waals surface area contributed by atoms with E-state index < -0.39 is 5.97 Å². The second kappa shape index (κ2) is 4.44. The first-order chi connectivity index (χ1) is 6.06. The summed E-state index contributed by atoms with van der Waals surface area (Å²) in [6, 6.07) is 3.27. The Bertz CT molecular complexity index is 329. The summed E-state index contributed by atoms with van der Waals surface area (Å²) in [5, 5.41) is 0.548. The number of carbonyl (C=O) groups excluding carboxylic acids is 1. The highest BCUT2D eigenvalue weighted by molar-refractivity contribution is 9.11. The molecule has 0 aliphatic carbocycles. The molecule has 0 saturated heterocycles. The quantitative estimate of drug-likeness (QED) is 0.736. The highest BCUT2D eigenvalue weighted by Crippen LogP contribution is 2.29. The van der Waals surface area contributed by atoms with E-state index in [9.17, 15) is 4.79 Å². The summed E-state index contributed by atoms with van der Waals surface area (Å²) in [6.07, 6.45) is 0. The van der Waals surface area contributed by atoms with E-state index >= 15 is 0 Å². The van der Waals surface area contributed by atoms with Crippen molar-refractivity contribution in [1.29, 1.82) is 0 Å². The molecule has 0 atom stereocenters. The third kappa shape index (κ3) is 2.45. The van der Waals surface area contributed by atoms with E-state index in [0.717, 1.165) is 0 Å². The number of ether oxygens (including phenoxy) is 1. The van der Waals surface area contributed by atoms with Gasteiger partial charge in [0.05, 0.1) is 12.7 Å². The zero-order valence-electron chi connectivity index (χ0n) is 6.61. The molecule has 1 aromatic rings. The highest BCUT2D eigenvalue weighted by Gasteiger charge is 2.15. The van der Waals surface area contributed by atoms with E-state index in [2.05, 4.69) is 36.6 Å². The molecular formula is C8H5Br2ClO2. The van der Waals surface area contributed by atoms with E-state index in [0.29, 0.717) is 19.5 Å². The molecule has 1 rings (SSSR count). The predicted molar refractivity (Wildman–Crippen MR) is 58.2 cm³/mol. The maximum atomic E-state index is 11.2. The summed E-state index contributed by atoms with van der Waals surface area (Å²) in [5.74, 6) is -0.407. The molecule has 0 aliphatic heterocycles. The molecule has 0 radical (unpaired) electrons. The fourth-order valence-corrected chi connectivity index (χ4v) is 2.83. The first kappa shape index (κ1) is 11.0. The van der Waals surface area contributed by atoms with Crippen molar-refractivity contribution in [3.05, 3.63) is 31.7 Å². The van der Waals surface area contributed by atoms with Crippen LogP contribution in [0.4, 0.5) is 0 Å². The van der Waals surface area contributed by atoms with Crippen LogP contribution in [0.1, 0.15) is 10.4 Å². The summed E-state index contributed by atoms with van der Waals surface area (Å²) < 4.78 is 5.82. The molecule has 5 heteroatoms. The number of carbonyl (C=O) groups is 1. The third-order valence-corrected chi connectivity index (χ3v) is 2.87. The second-order valence-corrected chi connectivity index (χ2v) is 4.38. The van der Waals surface area contributed by atoms with Gasteiger partial charge >= 0.3 is 5.97 Å². The number of methoxy groups -OCH3 is 1. The van der Waals surface area contributed by atoms with Gasteiger partial charge in [-0.1, -0.05) is 11.6 Å². The molecule has 0 unspecified atom stereocenters. The van der Waals surface area contributed by atoms with Crippen LogP contribution in [0, 0.1) is 0 Å². The zero-order chi connectivity index (χ0) is 10.0. The van der Waals surface area contributed by atoms with Crippen LogP contribution in [0.2, 0.25) is 5.02 Å². The van der Waals surface area contributed by atoms with E-state index in [1.54, 1.807) is 12.1 Å². The number of rotatable bonds is 1. The largest absolute Gasteiger partial charge is 0.465 e. The number of benzene rings is 1. The number of halogens is 3. The lowest BCUT2D eigenvalue weighted by Gasteiger charge is -2.05. The molecule has 0 amide bonds. The number of esters is 1. The van der Waals surface area contributed by atoms with Crippen molar-refractivity contribution in [3.63, 3.8) is 0 Å². The molecule has 1 aromatic carbocycles. The van der Waals surface area contributed by atoms with Crippen LogP contribution in [0.5, 0.6) is 0 Å². The second-order valence-electron chi connectivity index (χ2n) is 2.24. The van der Waals surface area contributed by atoms with Gasteiger partial charge in [-0.15, -0.1) is 0 Å². The maximum absolute atomic E-state index is 11.2. The Kier molecular flexibility index (Phi) is 3.76. The summed E-state index contributed by atoms with van der Waals surface area (Å²) in [6.45, 7) is 0. The van der Waals surface area contributed by atoms with Gasteiger partial charge in [-0.25, -0.2) is 4.79 Å². The van der Waals surface area contributed by atoms with Gasteiger partial charge in [-0.3, -0.25) is 0 Å². The molecule has 70 valence electrons. The molecule has 2 nitrogen and oxygen atoms in total. The Morgan fingerprint density at radius 2 is 1.85 bits per heavy atom. The summed E-state index contributed by atoms with van der Waals surface area (Å²) in [7, 11) is 1.33. The van der Waals surface area contributed by atoms with Gasteiger partial charge in [0, 0.05) is 14.0 Å². The standard InChI is InChI=1S/C8H5Br2ClO2/c1-13-8(12)7-5(9)2-4(11)3-6(7)10/h2-3H,1H3. The van der Waals surface area contributed by atoms with Crippen molar-refractivity contribution in [2.24, 2.45) is 0 Å². The third-order valence-electron chi connectivity index (χ3n) is 1.40. The lowest BCUT2D eigenvalue weighted by Crippen LogP contribution is -2.03. The molecule has 0 aromatic heterocycles. The molecule has 13 heavy (non-hydrogen) atoms. The van der Waals surface area contributed by atoms with Gasteiger partial charge in [0.1, 0.15) is 0 Å². The Labute approximate surface area is 97.5 Å². The van der Waals surface area contributed by atoms with E-state index in [-0.39, 0.29) is 0 Å². The topological polar surface area (TPSA) is 26.3 Å². The van der Waals surface area contributed by atoms with E-state index in [4.69, 9.17) is 11.6 Å². The Balaban J connectivity index is 3.28. The molecule has 0 bridgehead atoms. The van der Waals surface area contributed by atoms with Crippen molar-refractivity contribution < 1.29 is 9.53 Å². The molecular weight excluding hydrogens is 323 g/mol. The SMILES string of the molecule is COC(=O)c1c(Br)cc(Cl)cc1Br. The van der Waals surface area contributed by atoms with E-state index in [1.165, 1.54) is 7.11 Å². The van der Waals surface area contributed by atoms with Crippen LogP contribution < -0.4 is 0 Å².